The van der Waals surface area contributed by atoms with Gasteiger partial charge in [0.05, 0.1) is 17.6 Å². The van der Waals surface area contributed by atoms with Crippen LogP contribution < -0.4 is 0 Å². The highest BCUT2D eigenvalue weighted by molar-refractivity contribution is 5.77. The third kappa shape index (κ3) is 3.70. The van der Waals surface area contributed by atoms with E-state index in [0.717, 1.165) is 6.42 Å². The number of rotatable bonds is 7. The lowest BCUT2D eigenvalue weighted by atomic mass is 9.69. The molecule has 0 radical (unpaired) electrons. The average molecular weight is 244 g/mol. The molecule has 17 heavy (non-hydrogen) atoms. The van der Waals surface area contributed by atoms with Gasteiger partial charge in [0, 0.05) is 0 Å². The van der Waals surface area contributed by atoms with Crippen LogP contribution in [-0.4, -0.2) is 23.3 Å². The normalized spacial score (nSPS) is 17.4. The molecule has 0 aliphatic rings. The topological polar surface area (TPSA) is 46.5 Å². The third-order valence-electron chi connectivity index (χ3n) is 3.92. The number of aliphatic hydroxyl groups is 1. The van der Waals surface area contributed by atoms with Crippen molar-refractivity contribution in [2.24, 2.45) is 11.3 Å². The van der Waals surface area contributed by atoms with Gasteiger partial charge in [-0.05, 0) is 39.5 Å². The van der Waals surface area contributed by atoms with Crippen LogP contribution in [-0.2, 0) is 9.53 Å². The molecule has 3 heteroatoms. The molecule has 0 aliphatic carbocycles. The van der Waals surface area contributed by atoms with Crippen molar-refractivity contribution in [2.75, 3.05) is 6.61 Å². The van der Waals surface area contributed by atoms with Gasteiger partial charge >= 0.3 is 5.97 Å². The van der Waals surface area contributed by atoms with Crippen LogP contribution in [0.5, 0.6) is 0 Å². The Hall–Kier alpha value is -0.570. The SMILES string of the molecule is CCOC(=O)C(C)(C)C(O)(CC)CC(C)CC. The number of esters is 1. The van der Waals surface area contributed by atoms with Crippen molar-refractivity contribution in [3.05, 3.63) is 0 Å². The second kappa shape index (κ2) is 6.39. The maximum atomic E-state index is 12.0. The van der Waals surface area contributed by atoms with E-state index in [4.69, 9.17) is 4.74 Å². The van der Waals surface area contributed by atoms with E-state index < -0.39 is 11.0 Å². The zero-order valence-corrected chi connectivity index (χ0v) is 12.2. The number of carbonyl (C=O) groups excluding carboxylic acids is 1. The van der Waals surface area contributed by atoms with Crippen LogP contribution in [0.1, 0.15) is 60.8 Å². The van der Waals surface area contributed by atoms with Gasteiger partial charge in [0.25, 0.3) is 0 Å². The summed E-state index contributed by atoms with van der Waals surface area (Å²) in [5.41, 5.74) is -1.85. The maximum Gasteiger partial charge on any atom is 0.314 e. The molecule has 2 atom stereocenters. The van der Waals surface area contributed by atoms with Crippen LogP contribution >= 0.6 is 0 Å². The fourth-order valence-corrected chi connectivity index (χ4v) is 2.06. The van der Waals surface area contributed by atoms with Crippen LogP contribution in [0.15, 0.2) is 0 Å². The number of ether oxygens (including phenoxy) is 1. The molecule has 0 aliphatic heterocycles. The molecule has 102 valence electrons. The Balaban J connectivity index is 4.99. The molecular formula is C14H28O3. The van der Waals surface area contributed by atoms with Crippen LogP contribution in [0.2, 0.25) is 0 Å². The Labute approximate surface area is 106 Å². The van der Waals surface area contributed by atoms with Gasteiger partial charge in [-0.3, -0.25) is 4.79 Å². The average Bonchev–Trinajstić information content (AvgIpc) is 2.28. The van der Waals surface area contributed by atoms with Crippen molar-refractivity contribution in [1.29, 1.82) is 0 Å². The molecule has 3 nitrogen and oxygen atoms in total. The molecular weight excluding hydrogens is 216 g/mol. The number of hydrogen-bond acceptors (Lipinski definition) is 3. The molecule has 0 aromatic rings. The molecule has 0 bridgehead atoms. The van der Waals surface area contributed by atoms with E-state index in [-0.39, 0.29) is 5.97 Å². The number of carbonyl (C=O) groups is 1. The predicted molar refractivity (Wildman–Crippen MR) is 69.7 cm³/mol. The van der Waals surface area contributed by atoms with E-state index in [2.05, 4.69) is 13.8 Å². The van der Waals surface area contributed by atoms with Gasteiger partial charge in [-0.15, -0.1) is 0 Å². The molecule has 0 aromatic carbocycles. The Morgan fingerprint density at radius 2 is 1.82 bits per heavy atom. The standard InChI is InChI=1S/C14H28O3/c1-7-11(4)10-14(16,8-2)13(5,6)12(15)17-9-3/h11,16H,7-10H2,1-6H3. The molecule has 0 rings (SSSR count). The smallest absolute Gasteiger partial charge is 0.314 e. The Kier molecular flexibility index (Phi) is 6.17. The van der Waals surface area contributed by atoms with Crippen molar-refractivity contribution >= 4 is 5.97 Å². The van der Waals surface area contributed by atoms with Crippen LogP contribution in [0.4, 0.5) is 0 Å². The van der Waals surface area contributed by atoms with E-state index >= 15 is 0 Å². The van der Waals surface area contributed by atoms with Crippen molar-refractivity contribution in [2.45, 2.75) is 66.4 Å². The zero-order valence-electron chi connectivity index (χ0n) is 12.2. The summed E-state index contributed by atoms with van der Waals surface area (Å²) in [5, 5.41) is 10.7. The summed E-state index contributed by atoms with van der Waals surface area (Å²) >= 11 is 0. The van der Waals surface area contributed by atoms with Crippen LogP contribution in [0, 0.1) is 11.3 Å². The fraction of sp³-hybridized carbons (Fsp3) is 0.929. The minimum Gasteiger partial charge on any atom is -0.465 e. The lowest BCUT2D eigenvalue weighted by Crippen LogP contribution is -2.50. The van der Waals surface area contributed by atoms with Crippen molar-refractivity contribution in [1.82, 2.24) is 0 Å². The van der Waals surface area contributed by atoms with E-state index in [1.165, 1.54) is 0 Å². The zero-order chi connectivity index (χ0) is 13.7. The van der Waals surface area contributed by atoms with Gasteiger partial charge in [0.15, 0.2) is 0 Å². The first-order valence-electron chi connectivity index (χ1n) is 6.64. The second-order valence-electron chi connectivity index (χ2n) is 5.45. The van der Waals surface area contributed by atoms with Crippen LogP contribution in [0.25, 0.3) is 0 Å². The van der Waals surface area contributed by atoms with Gasteiger partial charge in [-0.2, -0.15) is 0 Å². The van der Waals surface area contributed by atoms with Gasteiger partial charge in [-0.1, -0.05) is 27.2 Å². The lowest BCUT2D eigenvalue weighted by molar-refractivity contribution is -0.173. The summed E-state index contributed by atoms with van der Waals surface area (Å²) in [6, 6.07) is 0. The summed E-state index contributed by atoms with van der Waals surface area (Å²) in [4.78, 5) is 12.0. The molecule has 0 amide bonds. The second-order valence-corrected chi connectivity index (χ2v) is 5.45. The summed E-state index contributed by atoms with van der Waals surface area (Å²) in [6.07, 6.45) is 2.19. The van der Waals surface area contributed by atoms with E-state index in [0.29, 0.717) is 25.4 Å². The molecule has 0 saturated carbocycles. The van der Waals surface area contributed by atoms with Gasteiger partial charge < -0.3 is 9.84 Å². The van der Waals surface area contributed by atoms with Gasteiger partial charge in [-0.25, -0.2) is 0 Å². The summed E-state index contributed by atoms with van der Waals surface area (Å²) in [5.74, 6) is 0.0845. The molecule has 1 N–H and O–H groups in total. The molecule has 0 fully saturated rings. The molecule has 2 unspecified atom stereocenters. The lowest BCUT2D eigenvalue weighted by Gasteiger charge is -2.41. The minimum atomic E-state index is -0.991. The molecule has 0 heterocycles. The Bertz CT molecular complexity index is 248. The van der Waals surface area contributed by atoms with Gasteiger partial charge in [0.2, 0.25) is 0 Å². The fourth-order valence-electron chi connectivity index (χ4n) is 2.06. The van der Waals surface area contributed by atoms with E-state index in [1.807, 2.05) is 6.92 Å². The highest BCUT2D eigenvalue weighted by Gasteiger charge is 2.48. The third-order valence-corrected chi connectivity index (χ3v) is 3.92. The quantitative estimate of drug-likeness (QED) is 0.700. The van der Waals surface area contributed by atoms with E-state index in [9.17, 15) is 9.90 Å². The monoisotopic (exact) mass is 244 g/mol. The van der Waals surface area contributed by atoms with E-state index in [1.54, 1.807) is 20.8 Å². The predicted octanol–water partition coefficient (Wildman–Crippen LogP) is 3.15. The first-order valence-corrected chi connectivity index (χ1v) is 6.64. The maximum absolute atomic E-state index is 12.0. The molecule has 0 saturated heterocycles. The Morgan fingerprint density at radius 3 is 2.18 bits per heavy atom. The molecule has 0 spiro atoms. The first kappa shape index (κ1) is 16.4. The summed E-state index contributed by atoms with van der Waals surface area (Å²) in [6.45, 7) is 11.8. The largest absolute Gasteiger partial charge is 0.465 e. The molecule has 0 aromatic heterocycles. The highest BCUT2D eigenvalue weighted by atomic mass is 16.5. The van der Waals surface area contributed by atoms with Crippen molar-refractivity contribution in [3.8, 4) is 0 Å². The Morgan fingerprint density at radius 1 is 1.29 bits per heavy atom. The van der Waals surface area contributed by atoms with Crippen molar-refractivity contribution < 1.29 is 14.6 Å². The first-order chi connectivity index (χ1) is 7.75. The van der Waals surface area contributed by atoms with Gasteiger partial charge in [0.1, 0.15) is 0 Å². The van der Waals surface area contributed by atoms with Crippen LogP contribution in [0.3, 0.4) is 0 Å². The highest BCUT2D eigenvalue weighted by Crippen LogP contribution is 2.40. The summed E-state index contributed by atoms with van der Waals surface area (Å²) in [7, 11) is 0. The minimum absolute atomic E-state index is 0.312. The van der Waals surface area contributed by atoms with Crippen molar-refractivity contribution in [3.63, 3.8) is 0 Å². The number of hydrogen-bond donors (Lipinski definition) is 1. The summed E-state index contributed by atoms with van der Waals surface area (Å²) < 4.78 is 5.07.